The van der Waals surface area contributed by atoms with Crippen LogP contribution < -0.4 is 10.6 Å². The second kappa shape index (κ2) is 6.92. The smallest absolute Gasteiger partial charge is 0.315 e. The number of nitrogens with one attached hydrogen (secondary N) is 2. The summed E-state index contributed by atoms with van der Waals surface area (Å²) in [5.74, 6) is -0.874. The molecule has 2 amide bonds. The Balaban J connectivity index is 1.70. The van der Waals surface area contributed by atoms with Crippen LogP contribution in [0.4, 0.5) is 4.79 Å². The van der Waals surface area contributed by atoms with Gasteiger partial charge in [0.25, 0.3) is 0 Å². The summed E-state index contributed by atoms with van der Waals surface area (Å²) in [6.45, 7) is 4.46. The summed E-state index contributed by atoms with van der Waals surface area (Å²) in [6, 6.07) is 0.565. The Morgan fingerprint density at radius 1 is 1.30 bits per heavy atom. The first-order valence-electron chi connectivity index (χ1n) is 7.56. The van der Waals surface area contributed by atoms with Gasteiger partial charge in [-0.15, -0.1) is 0 Å². The van der Waals surface area contributed by atoms with Gasteiger partial charge in [0.1, 0.15) is 0 Å². The van der Waals surface area contributed by atoms with Crippen LogP contribution in [0, 0.1) is 5.92 Å². The standard InChI is InChI=1S/C14H25N3O3/c1-10(8-13(18)19)9-15-14(20)16-11-5-7-17-6-3-2-4-12(11)17/h10-12H,2-9H2,1H3,(H,18,19)(H2,15,16,20). The van der Waals surface area contributed by atoms with Crippen molar-refractivity contribution in [2.75, 3.05) is 19.6 Å². The van der Waals surface area contributed by atoms with Crippen LogP contribution in [0.15, 0.2) is 0 Å². The van der Waals surface area contributed by atoms with Gasteiger partial charge in [0.15, 0.2) is 0 Å². The lowest BCUT2D eigenvalue weighted by Gasteiger charge is -2.32. The van der Waals surface area contributed by atoms with Crippen LogP contribution in [0.1, 0.15) is 39.0 Å². The van der Waals surface area contributed by atoms with Crippen molar-refractivity contribution in [3.05, 3.63) is 0 Å². The number of piperidine rings is 1. The predicted molar refractivity (Wildman–Crippen MR) is 75.6 cm³/mol. The zero-order valence-corrected chi connectivity index (χ0v) is 12.1. The van der Waals surface area contributed by atoms with E-state index in [0.717, 1.165) is 19.5 Å². The molecular weight excluding hydrogens is 258 g/mol. The van der Waals surface area contributed by atoms with Gasteiger partial charge in [-0.1, -0.05) is 13.3 Å². The van der Waals surface area contributed by atoms with Crippen LogP contribution in [-0.4, -0.2) is 53.7 Å². The molecule has 0 aromatic heterocycles. The van der Waals surface area contributed by atoms with Crippen molar-refractivity contribution < 1.29 is 14.7 Å². The molecule has 6 nitrogen and oxygen atoms in total. The number of carboxylic acids is 1. The van der Waals surface area contributed by atoms with E-state index in [1.165, 1.54) is 19.3 Å². The van der Waals surface area contributed by atoms with Crippen LogP contribution in [0.2, 0.25) is 0 Å². The first-order valence-corrected chi connectivity index (χ1v) is 7.56. The molecule has 2 aliphatic rings. The van der Waals surface area contributed by atoms with Crippen LogP contribution >= 0.6 is 0 Å². The first-order chi connectivity index (χ1) is 9.56. The summed E-state index contributed by atoms with van der Waals surface area (Å²) in [6.07, 6.45) is 4.78. The molecule has 2 aliphatic heterocycles. The zero-order chi connectivity index (χ0) is 14.5. The maximum atomic E-state index is 11.9. The minimum Gasteiger partial charge on any atom is -0.481 e. The summed E-state index contributed by atoms with van der Waals surface area (Å²) >= 11 is 0. The number of hydrogen-bond donors (Lipinski definition) is 3. The van der Waals surface area contributed by atoms with E-state index < -0.39 is 5.97 Å². The van der Waals surface area contributed by atoms with Gasteiger partial charge in [-0.2, -0.15) is 0 Å². The minimum absolute atomic E-state index is 0.0481. The van der Waals surface area contributed by atoms with Gasteiger partial charge in [0.2, 0.25) is 0 Å². The highest BCUT2D eigenvalue weighted by atomic mass is 16.4. The molecule has 0 radical (unpaired) electrons. The second-order valence-electron chi connectivity index (χ2n) is 6.05. The highest BCUT2D eigenvalue weighted by Crippen LogP contribution is 2.26. The van der Waals surface area contributed by atoms with Crippen LogP contribution in [-0.2, 0) is 4.79 Å². The zero-order valence-electron chi connectivity index (χ0n) is 12.1. The molecule has 6 heteroatoms. The molecule has 2 rings (SSSR count). The molecule has 0 aliphatic carbocycles. The lowest BCUT2D eigenvalue weighted by molar-refractivity contribution is -0.137. The Labute approximate surface area is 119 Å². The minimum atomic E-state index is -0.826. The summed E-state index contributed by atoms with van der Waals surface area (Å²) in [4.78, 5) is 24.9. The average molecular weight is 283 g/mol. The topological polar surface area (TPSA) is 81.7 Å². The highest BCUT2D eigenvalue weighted by molar-refractivity contribution is 5.74. The van der Waals surface area contributed by atoms with Gasteiger partial charge in [-0.3, -0.25) is 9.69 Å². The molecular formula is C14H25N3O3. The fraction of sp³-hybridized carbons (Fsp3) is 0.857. The Morgan fingerprint density at radius 3 is 2.85 bits per heavy atom. The molecule has 2 heterocycles. The molecule has 0 bridgehead atoms. The van der Waals surface area contributed by atoms with E-state index in [1.54, 1.807) is 0 Å². The van der Waals surface area contributed by atoms with Crippen molar-refractivity contribution in [1.82, 2.24) is 15.5 Å². The van der Waals surface area contributed by atoms with Crippen LogP contribution in [0.3, 0.4) is 0 Å². The van der Waals surface area contributed by atoms with Crippen LogP contribution in [0.5, 0.6) is 0 Å². The summed E-state index contributed by atoms with van der Waals surface area (Å²) in [5.41, 5.74) is 0. The average Bonchev–Trinajstić information content (AvgIpc) is 2.79. The van der Waals surface area contributed by atoms with Crippen molar-refractivity contribution in [3.8, 4) is 0 Å². The van der Waals surface area contributed by atoms with Crippen molar-refractivity contribution in [3.63, 3.8) is 0 Å². The molecule has 3 atom stereocenters. The molecule has 0 spiro atoms. The number of fused-ring (bicyclic) bond motifs is 1. The number of aliphatic carboxylic acids is 1. The third-order valence-electron chi connectivity index (χ3n) is 4.31. The Hall–Kier alpha value is -1.30. The fourth-order valence-corrected chi connectivity index (χ4v) is 3.27. The number of rotatable bonds is 5. The molecule has 0 aromatic carbocycles. The molecule has 0 aromatic rings. The summed E-state index contributed by atoms with van der Waals surface area (Å²) in [5, 5.41) is 14.5. The Kier molecular flexibility index (Phi) is 5.23. The van der Waals surface area contributed by atoms with E-state index >= 15 is 0 Å². The molecule has 2 fully saturated rings. The predicted octanol–water partition coefficient (Wildman–Crippen LogP) is 1.02. The van der Waals surface area contributed by atoms with Gasteiger partial charge in [0, 0.05) is 31.6 Å². The van der Waals surface area contributed by atoms with E-state index in [9.17, 15) is 9.59 Å². The molecule has 114 valence electrons. The van der Waals surface area contributed by atoms with Crippen molar-refractivity contribution in [1.29, 1.82) is 0 Å². The molecule has 0 saturated carbocycles. The second-order valence-corrected chi connectivity index (χ2v) is 6.05. The molecule has 2 saturated heterocycles. The van der Waals surface area contributed by atoms with Gasteiger partial charge in [-0.05, 0) is 31.7 Å². The lowest BCUT2D eigenvalue weighted by Crippen LogP contribution is -2.50. The molecule has 3 N–H and O–H groups in total. The van der Waals surface area contributed by atoms with E-state index in [1.807, 2.05) is 6.92 Å². The highest BCUT2D eigenvalue weighted by Gasteiger charge is 2.36. The Morgan fingerprint density at radius 2 is 2.10 bits per heavy atom. The normalized spacial score (nSPS) is 27.6. The Bertz CT molecular complexity index is 362. The van der Waals surface area contributed by atoms with Gasteiger partial charge >= 0.3 is 12.0 Å². The number of hydrogen-bond acceptors (Lipinski definition) is 3. The largest absolute Gasteiger partial charge is 0.481 e. The third kappa shape index (κ3) is 4.10. The van der Waals surface area contributed by atoms with Gasteiger partial charge < -0.3 is 15.7 Å². The number of carbonyl (C=O) groups excluding carboxylic acids is 1. The monoisotopic (exact) mass is 283 g/mol. The van der Waals surface area contributed by atoms with E-state index in [-0.39, 0.29) is 24.4 Å². The van der Waals surface area contributed by atoms with Crippen LogP contribution in [0.25, 0.3) is 0 Å². The quantitative estimate of drug-likeness (QED) is 0.703. The number of urea groups is 1. The van der Waals surface area contributed by atoms with Crippen molar-refractivity contribution >= 4 is 12.0 Å². The summed E-state index contributed by atoms with van der Waals surface area (Å²) < 4.78 is 0. The van der Waals surface area contributed by atoms with E-state index in [4.69, 9.17) is 5.11 Å². The van der Waals surface area contributed by atoms with E-state index in [2.05, 4.69) is 15.5 Å². The van der Waals surface area contributed by atoms with Gasteiger partial charge in [0.05, 0.1) is 0 Å². The third-order valence-corrected chi connectivity index (χ3v) is 4.31. The maximum absolute atomic E-state index is 11.9. The SMILES string of the molecule is CC(CNC(=O)NC1CCN2CCCCC12)CC(=O)O. The van der Waals surface area contributed by atoms with E-state index in [0.29, 0.717) is 12.6 Å². The van der Waals surface area contributed by atoms with Gasteiger partial charge in [-0.25, -0.2) is 4.79 Å². The summed E-state index contributed by atoms with van der Waals surface area (Å²) in [7, 11) is 0. The number of amides is 2. The van der Waals surface area contributed by atoms with Crippen molar-refractivity contribution in [2.24, 2.45) is 5.92 Å². The molecule has 3 unspecified atom stereocenters. The number of carboxylic acid groups (broad SMARTS) is 1. The number of nitrogens with zero attached hydrogens (tertiary/aromatic N) is 1. The fourth-order valence-electron chi connectivity index (χ4n) is 3.27. The van der Waals surface area contributed by atoms with Crippen molar-refractivity contribution in [2.45, 2.75) is 51.1 Å². The first kappa shape index (κ1) is 15.1. The number of carbonyl (C=O) groups is 2. The molecule has 20 heavy (non-hydrogen) atoms. The lowest BCUT2D eigenvalue weighted by atomic mass is 9.99. The maximum Gasteiger partial charge on any atom is 0.315 e.